The Hall–Kier alpha value is -2.21. The number of carboxylic acid groups (broad SMARTS) is 1. The molecule has 0 unspecified atom stereocenters. The van der Waals surface area contributed by atoms with E-state index in [0.717, 1.165) is 17.7 Å². The van der Waals surface area contributed by atoms with Gasteiger partial charge in [0.25, 0.3) is 0 Å². The molecule has 96 valence electrons. The van der Waals surface area contributed by atoms with E-state index >= 15 is 0 Å². The maximum absolute atomic E-state index is 11.1. The second-order valence-corrected chi connectivity index (χ2v) is 4.95. The number of aryl methyl sites for hydroxylation is 1. The largest absolute Gasteiger partial charge is 0.475 e. The lowest BCUT2D eigenvalue weighted by Gasteiger charge is -2.02. The van der Waals surface area contributed by atoms with Crippen LogP contribution in [-0.4, -0.2) is 25.7 Å². The van der Waals surface area contributed by atoms with Crippen LogP contribution < -0.4 is 0 Å². The van der Waals surface area contributed by atoms with Crippen LogP contribution in [0.4, 0.5) is 0 Å². The fourth-order valence-corrected chi connectivity index (χ4v) is 2.81. The Morgan fingerprint density at radius 3 is 2.68 bits per heavy atom. The molecule has 0 radical (unpaired) electrons. The third kappa shape index (κ3) is 1.90. The molecule has 0 aliphatic carbocycles. The van der Waals surface area contributed by atoms with Crippen molar-refractivity contribution in [3.05, 3.63) is 41.0 Å². The van der Waals surface area contributed by atoms with Crippen LogP contribution in [0.3, 0.4) is 0 Å². The minimum absolute atomic E-state index is 0.0502. The van der Waals surface area contributed by atoms with E-state index in [2.05, 4.69) is 17.1 Å². The average molecular weight is 273 g/mol. The molecule has 5 nitrogen and oxygen atoms in total. The van der Waals surface area contributed by atoms with Crippen molar-refractivity contribution >= 4 is 22.3 Å². The highest BCUT2D eigenvalue weighted by Crippen LogP contribution is 2.26. The maximum atomic E-state index is 11.1. The standard InChI is InChI=1S/C13H11N3O2S/c1-2-8-3-5-9(6-4-8)10-7-19-13-15-14-11(12(17)18)16(10)13/h3-7H,2H2,1H3,(H,17,18). The summed E-state index contributed by atoms with van der Waals surface area (Å²) < 4.78 is 1.58. The highest BCUT2D eigenvalue weighted by Gasteiger charge is 2.18. The molecule has 3 rings (SSSR count). The molecule has 1 aromatic carbocycles. The van der Waals surface area contributed by atoms with Crippen LogP contribution >= 0.6 is 11.3 Å². The number of hydrogen-bond acceptors (Lipinski definition) is 4. The predicted octanol–water partition coefficient (Wildman–Crippen LogP) is 2.72. The minimum Gasteiger partial charge on any atom is -0.475 e. The van der Waals surface area contributed by atoms with Gasteiger partial charge in [0.2, 0.25) is 10.8 Å². The molecule has 0 fully saturated rings. The monoisotopic (exact) mass is 273 g/mol. The topological polar surface area (TPSA) is 67.5 Å². The van der Waals surface area contributed by atoms with Crippen molar-refractivity contribution in [2.45, 2.75) is 13.3 Å². The van der Waals surface area contributed by atoms with Crippen molar-refractivity contribution in [1.82, 2.24) is 14.6 Å². The number of carbonyl (C=O) groups is 1. The van der Waals surface area contributed by atoms with Gasteiger partial charge in [-0.1, -0.05) is 31.2 Å². The van der Waals surface area contributed by atoms with E-state index in [1.807, 2.05) is 29.6 Å². The van der Waals surface area contributed by atoms with Crippen molar-refractivity contribution in [3.63, 3.8) is 0 Å². The summed E-state index contributed by atoms with van der Waals surface area (Å²) in [6.45, 7) is 2.10. The highest BCUT2D eigenvalue weighted by atomic mass is 32.1. The third-order valence-electron chi connectivity index (χ3n) is 3.00. The van der Waals surface area contributed by atoms with E-state index in [1.54, 1.807) is 4.40 Å². The first kappa shape index (κ1) is 11.9. The van der Waals surface area contributed by atoms with Gasteiger partial charge in [-0.05, 0) is 17.5 Å². The van der Waals surface area contributed by atoms with Gasteiger partial charge in [0.15, 0.2) is 0 Å². The van der Waals surface area contributed by atoms with Gasteiger partial charge in [0, 0.05) is 5.38 Å². The molecule has 0 aliphatic rings. The summed E-state index contributed by atoms with van der Waals surface area (Å²) in [5, 5.41) is 18.6. The van der Waals surface area contributed by atoms with Gasteiger partial charge in [0.05, 0.1) is 5.69 Å². The van der Waals surface area contributed by atoms with Gasteiger partial charge in [-0.3, -0.25) is 4.40 Å². The molecular formula is C13H11N3O2S. The summed E-state index contributed by atoms with van der Waals surface area (Å²) in [7, 11) is 0. The number of aromatic nitrogens is 3. The second kappa shape index (κ2) is 4.47. The molecule has 2 aromatic heterocycles. The number of rotatable bonds is 3. The first-order chi connectivity index (χ1) is 9.20. The van der Waals surface area contributed by atoms with Crippen LogP contribution in [0.1, 0.15) is 23.1 Å². The molecule has 0 bridgehead atoms. The normalized spacial score (nSPS) is 11.0. The number of fused-ring (bicyclic) bond motifs is 1. The van der Waals surface area contributed by atoms with Gasteiger partial charge in [-0.2, -0.15) is 0 Å². The first-order valence-electron chi connectivity index (χ1n) is 5.86. The summed E-state index contributed by atoms with van der Waals surface area (Å²) in [4.78, 5) is 11.7. The van der Waals surface area contributed by atoms with Crippen molar-refractivity contribution in [1.29, 1.82) is 0 Å². The van der Waals surface area contributed by atoms with Gasteiger partial charge in [0.1, 0.15) is 0 Å². The lowest BCUT2D eigenvalue weighted by atomic mass is 10.1. The van der Waals surface area contributed by atoms with Crippen molar-refractivity contribution in [3.8, 4) is 11.3 Å². The number of benzene rings is 1. The van der Waals surface area contributed by atoms with E-state index in [-0.39, 0.29) is 5.82 Å². The molecule has 0 saturated carbocycles. The molecule has 0 saturated heterocycles. The Balaban J connectivity index is 2.18. The minimum atomic E-state index is -1.07. The van der Waals surface area contributed by atoms with Gasteiger partial charge < -0.3 is 5.11 Å². The van der Waals surface area contributed by atoms with Gasteiger partial charge >= 0.3 is 5.97 Å². The van der Waals surface area contributed by atoms with Crippen molar-refractivity contribution in [2.24, 2.45) is 0 Å². The highest BCUT2D eigenvalue weighted by molar-refractivity contribution is 7.15. The Bertz CT molecular complexity index is 743. The molecule has 3 aromatic rings. The third-order valence-corrected chi connectivity index (χ3v) is 3.82. The SMILES string of the molecule is CCc1ccc(-c2csc3nnc(C(=O)O)n23)cc1. The summed E-state index contributed by atoms with van der Waals surface area (Å²) in [5.74, 6) is -1.12. The number of thiazole rings is 1. The second-order valence-electron chi connectivity index (χ2n) is 4.12. The van der Waals surface area contributed by atoms with E-state index in [4.69, 9.17) is 5.11 Å². The fourth-order valence-electron chi connectivity index (χ4n) is 1.97. The molecule has 1 N–H and O–H groups in total. The van der Waals surface area contributed by atoms with E-state index in [1.165, 1.54) is 16.9 Å². The maximum Gasteiger partial charge on any atom is 0.374 e. The summed E-state index contributed by atoms with van der Waals surface area (Å²) >= 11 is 1.38. The van der Waals surface area contributed by atoms with E-state index in [9.17, 15) is 4.79 Å². The molecule has 0 aliphatic heterocycles. The summed E-state index contributed by atoms with van der Waals surface area (Å²) in [6.07, 6.45) is 0.979. The van der Waals surface area contributed by atoms with Gasteiger partial charge in [-0.25, -0.2) is 4.79 Å². The number of hydrogen-bond donors (Lipinski definition) is 1. The summed E-state index contributed by atoms with van der Waals surface area (Å²) in [6, 6.07) is 8.07. The van der Waals surface area contributed by atoms with Crippen LogP contribution in [-0.2, 0) is 6.42 Å². The van der Waals surface area contributed by atoms with Crippen LogP contribution in [0.2, 0.25) is 0 Å². The zero-order chi connectivity index (χ0) is 13.4. The molecule has 2 heterocycles. The molecule has 19 heavy (non-hydrogen) atoms. The zero-order valence-corrected chi connectivity index (χ0v) is 11.0. The van der Waals surface area contributed by atoms with Crippen LogP contribution in [0.15, 0.2) is 29.6 Å². The number of carboxylic acids is 1. The lowest BCUT2D eigenvalue weighted by molar-refractivity contribution is 0.0682. The number of aromatic carboxylic acids is 1. The summed E-state index contributed by atoms with van der Waals surface area (Å²) in [5.41, 5.74) is 3.02. The van der Waals surface area contributed by atoms with Crippen LogP contribution in [0.25, 0.3) is 16.2 Å². The smallest absolute Gasteiger partial charge is 0.374 e. The van der Waals surface area contributed by atoms with E-state index < -0.39 is 5.97 Å². The average Bonchev–Trinajstić information content (AvgIpc) is 2.99. The zero-order valence-electron chi connectivity index (χ0n) is 10.2. The lowest BCUT2D eigenvalue weighted by Crippen LogP contribution is -2.04. The number of nitrogens with zero attached hydrogens (tertiary/aromatic N) is 3. The van der Waals surface area contributed by atoms with Gasteiger partial charge in [-0.15, -0.1) is 21.5 Å². The van der Waals surface area contributed by atoms with Crippen molar-refractivity contribution < 1.29 is 9.90 Å². The molecule has 0 atom stereocenters. The molecule has 0 spiro atoms. The fraction of sp³-hybridized carbons (Fsp3) is 0.154. The van der Waals surface area contributed by atoms with Crippen LogP contribution in [0, 0.1) is 0 Å². The van der Waals surface area contributed by atoms with E-state index in [0.29, 0.717) is 4.96 Å². The Morgan fingerprint density at radius 2 is 2.05 bits per heavy atom. The quantitative estimate of drug-likeness (QED) is 0.796. The Morgan fingerprint density at radius 1 is 1.32 bits per heavy atom. The predicted molar refractivity (Wildman–Crippen MR) is 72.6 cm³/mol. The Labute approximate surface area is 113 Å². The van der Waals surface area contributed by atoms with Crippen LogP contribution in [0.5, 0.6) is 0 Å². The molecule has 0 amide bonds. The van der Waals surface area contributed by atoms with Crippen molar-refractivity contribution in [2.75, 3.05) is 0 Å². The Kier molecular flexibility index (Phi) is 2.79. The first-order valence-corrected chi connectivity index (χ1v) is 6.74. The molecular weight excluding hydrogens is 262 g/mol. The molecule has 6 heteroatoms.